The smallest absolute Gasteiger partial charge is 0.128 e. The van der Waals surface area contributed by atoms with Crippen molar-refractivity contribution >= 4 is 17.0 Å². The van der Waals surface area contributed by atoms with Crippen LogP contribution in [0, 0.1) is 0 Å². The van der Waals surface area contributed by atoms with E-state index < -0.39 is 0 Å². The zero-order valence-corrected chi connectivity index (χ0v) is 21.9. The third kappa shape index (κ3) is 5.55. The third-order valence-electron chi connectivity index (χ3n) is 7.44. The summed E-state index contributed by atoms with van der Waals surface area (Å²) in [6.45, 7) is 0. The molecule has 4 nitrogen and oxygen atoms in total. The molecule has 0 spiro atoms. The van der Waals surface area contributed by atoms with Gasteiger partial charge >= 0.3 is 0 Å². The third-order valence-corrected chi connectivity index (χ3v) is 7.44. The van der Waals surface area contributed by atoms with E-state index in [0.29, 0.717) is 0 Å². The lowest BCUT2D eigenvalue weighted by atomic mass is 10.0. The summed E-state index contributed by atoms with van der Waals surface area (Å²) in [6, 6.07) is 25.9. The second-order valence-electron chi connectivity index (χ2n) is 10.1. The van der Waals surface area contributed by atoms with Gasteiger partial charge in [0.15, 0.2) is 0 Å². The van der Waals surface area contributed by atoms with Crippen LogP contribution in [0.3, 0.4) is 0 Å². The molecule has 2 heterocycles. The molecular formula is C34H33N3O. The first-order chi connectivity index (χ1) is 18.7. The Morgan fingerprint density at radius 1 is 0.816 bits per heavy atom. The van der Waals surface area contributed by atoms with Crippen molar-refractivity contribution in [2.75, 3.05) is 7.11 Å². The van der Waals surface area contributed by atoms with Crippen molar-refractivity contribution in [3.05, 3.63) is 130 Å². The number of methoxy groups -OCH3 is 1. The molecule has 0 radical (unpaired) electrons. The van der Waals surface area contributed by atoms with Crippen LogP contribution in [0.2, 0.25) is 0 Å². The van der Waals surface area contributed by atoms with Crippen LogP contribution in [-0.4, -0.2) is 22.1 Å². The maximum Gasteiger partial charge on any atom is 0.128 e. The van der Waals surface area contributed by atoms with Gasteiger partial charge in [-0.05, 0) is 84.2 Å². The van der Waals surface area contributed by atoms with Gasteiger partial charge in [-0.15, -0.1) is 0 Å². The molecule has 0 saturated heterocycles. The molecule has 0 saturated carbocycles. The Morgan fingerprint density at radius 3 is 2.61 bits per heavy atom. The first-order valence-corrected chi connectivity index (χ1v) is 13.6. The SMILES string of the molecule is COc1ccc2[nH]cc(CCCc3nc(CCc4ccc5c(c4)C=CC5)cc(Cc4ccccc4)n3)c2c1. The molecule has 2 aromatic heterocycles. The van der Waals surface area contributed by atoms with Crippen LogP contribution in [0.5, 0.6) is 5.75 Å². The van der Waals surface area contributed by atoms with Crippen molar-refractivity contribution in [3.8, 4) is 5.75 Å². The predicted molar refractivity (Wildman–Crippen MR) is 155 cm³/mol. The van der Waals surface area contributed by atoms with Gasteiger partial charge in [-0.25, -0.2) is 9.97 Å². The van der Waals surface area contributed by atoms with Crippen LogP contribution in [0.1, 0.15) is 51.5 Å². The highest BCUT2D eigenvalue weighted by molar-refractivity contribution is 5.84. The standard InChI is InChI=1S/C34H33N3O/c1-38-31-17-18-33-32(22-31)28(23-35-33)11-6-12-34-36-29(21-30(37-34)20-24-7-3-2-4-8-24)16-14-25-13-15-26-9-5-10-27(26)19-25/h2-5,7-8,10,13,15,17-19,21-23,35H,6,9,11-12,14,16,20H2,1H3. The number of fused-ring (bicyclic) bond motifs is 2. The highest BCUT2D eigenvalue weighted by Gasteiger charge is 2.11. The monoisotopic (exact) mass is 499 g/mol. The van der Waals surface area contributed by atoms with E-state index in [2.05, 4.69) is 90.1 Å². The highest BCUT2D eigenvalue weighted by Crippen LogP contribution is 2.25. The van der Waals surface area contributed by atoms with Gasteiger partial charge in [-0.2, -0.15) is 0 Å². The van der Waals surface area contributed by atoms with E-state index in [1.54, 1.807) is 7.11 Å². The Balaban J connectivity index is 1.18. The van der Waals surface area contributed by atoms with Crippen LogP contribution in [0.15, 0.2) is 85.1 Å². The number of H-pyrrole nitrogens is 1. The van der Waals surface area contributed by atoms with Crippen molar-refractivity contribution in [1.29, 1.82) is 0 Å². The van der Waals surface area contributed by atoms with E-state index in [-0.39, 0.29) is 0 Å². The minimum Gasteiger partial charge on any atom is -0.497 e. The number of ether oxygens (including phenoxy) is 1. The van der Waals surface area contributed by atoms with Crippen LogP contribution in [-0.2, 0) is 38.5 Å². The summed E-state index contributed by atoms with van der Waals surface area (Å²) < 4.78 is 5.44. The van der Waals surface area contributed by atoms with E-state index in [1.165, 1.54) is 33.2 Å². The minimum absolute atomic E-state index is 0.829. The first-order valence-electron chi connectivity index (χ1n) is 13.6. The summed E-state index contributed by atoms with van der Waals surface area (Å²) in [5, 5.41) is 1.23. The number of aryl methyl sites for hydroxylation is 4. The number of aromatic amines is 1. The Bertz CT molecular complexity index is 1580. The minimum atomic E-state index is 0.829. The number of nitrogens with zero attached hydrogens (tertiary/aromatic N) is 2. The van der Waals surface area contributed by atoms with Gasteiger partial charge in [0.05, 0.1) is 7.11 Å². The molecule has 1 aliphatic rings. The van der Waals surface area contributed by atoms with Gasteiger partial charge < -0.3 is 9.72 Å². The molecule has 0 fully saturated rings. The lowest BCUT2D eigenvalue weighted by Gasteiger charge is -2.10. The number of allylic oxidation sites excluding steroid dienone is 1. The normalized spacial score (nSPS) is 12.2. The second kappa shape index (κ2) is 11.1. The summed E-state index contributed by atoms with van der Waals surface area (Å²) in [6.07, 6.45) is 13.2. The average Bonchev–Trinajstić information content (AvgIpc) is 3.59. The fourth-order valence-corrected chi connectivity index (χ4v) is 5.40. The van der Waals surface area contributed by atoms with Crippen molar-refractivity contribution < 1.29 is 4.74 Å². The molecule has 0 atom stereocenters. The lowest BCUT2D eigenvalue weighted by molar-refractivity contribution is 0.415. The zero-order valence-electron chi connectivity index (χ0n) is 21.9. The fraction of sp³-hybridized carbons (Fsp3) is 0.235. The van der Waals surface area contributed by atoms with Crippen LogP contribution in [0.4, 0.5) is 0 Å². The van der Waals surface area contributed by atoms with Crippen molar-refractivity contribution in [2.45, 2.75) is 44.9 Å². The molecule has 4 heteroatoms. The molecule has 0 aliphatic heterocycles. The summed E-state index contributed by atoms with van der Waals surface area (Å²) in [4.78, 5) is 13.4. The molecule has 190 valence electrons. The van der Waals surface area contributed by atoms with E-state index in [4.69, 9.17) is 14.7 Å². The Morgan fingerprint density at radius 2 is 1.71 bits per heavy atom. The van der Waals surface area contributed by atoms with Crippen molar-refractivity contribution in [3.63, 3.8) is 0 Å². The Hall–Kier alpha value is -4.18. The predicted octanol–water partition coefficient (Wildman–Crippen LogP) is 7.09. The summed E-state index contributed by atoms with van der Waals surface area (Å²) in [5.41, 5.74) is 10.1. The molecular weight excluding hydrogens is 466 g/mol. The zero-order chi connectivity index (χ0) is 25.7. The maximum absolute atomic E-state index is 5.44. The first kappa shape index (κ1) is 24.2. The summed E-state index contributed by atoms with van der Waals surface area (Å²) in [5.74, 6) is 1.84. The molecule has 1 aliphatic carbocycles. The number of rotatable bonds is 10. The number of hydrogen-bond acceptors (Lipinski definition) is 3. The number of benzene rings is 3. The van der Waals surface area contributed by atoms with Gasteiger partial charge in [-0.3, -0.25) is 0 Å². The number of aromatic nitrogens is 3. The molecule has 0 unspecified atom stereocenters. The topological polar surface area (TPSA) is 50.8 Å². The largest absolute Gasteiger partial charge is 0.497 e. The van der Waals surface area contributed by atoms with Gasteiger partial charge in [0.25, 0.3) is 0 Å². The molecule has 3 aromatic carbocycles. The van der Waals surface area contributed by atoms with Crippen LogP contribution >= 0.6 is 0 Å². The van der Waals surface area contributed by atoms with Crippen molar-refractivity contribution in [2.24, 2.45) is 0 Å². The number of nitrogens with one attached hydrogen (secondary N) is 1. The average molecular weight is 500 g/mol. The van der Waals surface area contributed by atoms with Gasteiger partial charge in [0.1, 0.15) is 11.6 Å². The van der Waals surface area contributed by atoms with E-state index in [1.807, 2.05) is 6.07 Å². The Kier molecular flexibility index (Phi) is 7.03. The van der Waals surface area contributed by atoms with E-state index in [0.717, 1.165) is 73.4 Å². The molecule has 0 amide bonds. The molecule has 0 bridgehead atoms. The Labute approximate surface area is 224 Å². The highest BCUT2D eigenvalue weighted by atomic mass is 16.5. The fourth-order valence-electron chi connectivity index (χ4n) is 5.40. The molecule has 1 N–H and O–H groups in total. The van der Waals surface area contributed by atoms with Crippen LogP contribution in [0.25, 0.3) is 17.0 Å². The summed E-state index contributed by atoms with van der Waals surface area (Å²) in [7, 11) is 1.71. The van der Waals surface area contributed by atoms with Gasteiger partial charge in [0.2, 0.25) is 0 Å². The van der Waals surface area contributed by atoms with E-state index >= 15 is 0 Å². The second-order valence-corrected chi connectivity index (χ2v) is 10.1. The quantitative estimate of drug-likeness (QED) is 0.223. The van der Waals surface area contributed by atoms with Crippen molar-refractivity contribution in [1.82, 2.24) is 15.0 Å². The van der Waals surface area contributed by atoms with Gasteiger partial charge in [0, 0.05) is 41.3 Å². The van der Waals surface area contributed by atoms with Crippen LogP contribution < -0.4 is 4.74 Å². The number of hydrogen-bond donors (Lipinski definition) is 1. The maximum atomic E-state index is 5.44. The van der Waals surface area contributed by atoms with Gasteiger partial charge in [-0.1, -0.05) is 60.7 Å². The lowest BCUT2D eigenvalue weighted by Crippen LogP contribution is -2.06. The molecule has 6 rings (SSSR count). The molecule has 5 aromatic rings. The molecule has 38 heavy (non-hydrogen) atoms. The van der Waals surface area contributed by atoms with E-state index in [9.17, 15) is 0 Å². The summed E-state index contributed by atoms with van der Waals surface area (Å²) >= 11 is 0.